The monoisotopic (exact) mass is 336 g/mol. The molecule has 0 bridgehead atoms. The van der Waals surface area contributed by atoms with Gasteiger partial charge in [-0.25, -0.2) is 0 Å². The Balaban J connectivity index is 1.71. The van der Waals surface area contributed by atoms with Gasteiger partial charge in [-0.15, -0.1) is 0 Å². The molecule has 10 nitrogen and oxygen atoms in total. The van der Waals surface area contributed by atoms with Crippen LogP contribution in [0.15, 0.2) is 0 Å². The van der Waals surface area contributed by atoms with Crippen molar-refractivity contribution in [1.29, 1.82) is 0 Å². The van der Waals surface area contributed by atoms with E-state index in [1.165, 1.54) is 0 Å². The van der Waals surface area contributed by atoms with Crippen molar-refractivity contribution in [2.45, 2.75) is 61.3 Å². The summed E-state index contributed by atoms with van der Waals surface area (Å²) in [5.41, 5.74) is 5.66. The molecule has 10 heteroatoms. The van der Waals surface area contributed by atoms with E-state index in [9.17, 15) is 25.5 Å². The molecule has 3 fully saturated rings. The standard InChI is InChI=1S/C13H24N2O8/c1-15-6-8(18)11(4(2-14)21-12(6)15)23-13-10(20)9(19)7(17)5(3-16)22-13/h4-13,16-20H,2-3,14H2,1H3. The van der Waals surface area contributed by atoms with Gasteiger partial charge in [-0.3, -0.25) is 4.90 Å². The van der Waals surface area contributed by atoms with Crippen LogP contribution < -0.4 is 5.73 Å². The van der Waals surface area contributed by atoms with Crippen molar-refractivity contribution in [3.05, 3.63) is 0 Å². The minimum atomic E-state index is -1.54. The maximum Gasteiger partial charge on any atom is 0.187 e. The number of ether oxygens (including phenoxy) is 3. The Bertz CT molecular complexity index is 425. The molecular formula is C13H24N2O8. The number of aliphatic hydroxyl groups excluding tert-OH is 5. The summed E-state index contributed by atoms with van der Waals surface area (Å²) in [6.45, 7) is -0.460. The van der Waals surface area contributed by atoms with E-state index in [1.807, 2.05) is 4.90 Å². The second-order valence-electron chi connectivity index (χ2n) is 6.25. The lowest BCUT2D eigenvalue weighted by Gasteiger charge is -2.43. The van der Waals surface area contributed by atoms with Gasteiger partial charge < -0.3 is 45.5 Å². The van der Waals surface area contributed by atoms with E-state index >= 15 is 0 Å². The predicted octanol–water partition coefficient (Wildman–Crippen LogP) is -4.47. The molecule has 23 heavy (non-hydrogen) atoms. The summed E-state index contributed by atoms with van der Waals surface area (Å²) in [4.78, 5) is 1.82. The molecule has 3 rings (SSSR count). The largest absolute Gasteiger partial charge is 0.394 e. The molecular weight excluding hydrogens is 312 g/mol. The van der Waals surface area contributed by atoms with Gasteiger partial charge in [-0.1, -0.05) is 0 Å². The number of aliphatic hydroxyl groups is 5. The van der Waals surface area contributed by atoms with Crippen molar-refractivity contribution in [2.75, 3.05) is 20.2 Å². The van der Waals surface area contributed by atoms with Gasteiger partial charge >= 0.3 is 0 Å². The molecule has 3 saturated heterocycles. The molecule has 0 aromatic carbocycles. The zero-order valence-electron chi connectivity index (χ0n) is 12.7. The van der Waals surface area contributed by atoms with E-state index in [-0.39, 0.29) is 18.8 Å². The van der Waals surface area contributed by atoms with Crippen LogP contribution in [0.25, 0.3) is 0 Å². The molecule has 11 unspecified atom stereocenters. The van der Waals surface area contributed by atoms with Gasteiger partial charge in [-0.05, 0) is 7.05 Å². The fraction of sp³-hybridized carbons (Fsp3) is 1.00. The number of hydrogen-bond donors (Lipinski definition) is 6. The third-order valence-electron chi connectivity index (χ3n) is 4.81. The zero-order chi connectivity index (χ0) is 16.9. The average Bonchev–Trinajstić information content (AvgIpc) is 3.20. The summed E-state index contributed by atoms with van der Waals surface area (Å²) in [5, 5.41) is 49.2. The molecule has 0 aromatic rings. The summed E-state index contributed by atoms with van der Waals surface area (Å²) in [5.74, 6) is 0. The minimum absolute atomic E-state index is 0.0935. The fourth-order valence-electron chi connectivity index (χ4n) is 3.28. The van der Waals surface area contributed by atoms with E-state index in [0.29, 0.717) is 0 Å². The highest BCUT2D eigenvalue weighted by Gasteiger charge is 2.60. The Labute approximate surface area is 133 Å². The lowest BCUT2D eigenvalue weighted by Crippen LogP contribution is -2.62. The Morgan fingerprint density at radius 3 is 2.30 bits per heavy atom. The van der Waals surface area contributed by atoms with E-state index in [2.05, 4.69) is 0 Å². The van der Waals surface area contributed by atoms with Crippen molar-refractivity contribution in [3.8, 4) is 0 Å². The molecule has 3 aliphatic heterocycles. The van der Waals surface area contributed by atoms with Crippen molar-refractivity contribution in [2.24, 2.45) is 5.73 Å². The predicted molar refractivity (Wildman–Crippen MR) is 73.9 cm³/mol. The highest BCUT2D eigenvalue weighted by Crippen LogP contribution is 2.39. The zero-order valence-corrected chi connectivity index (χ0v) is 12.7. The van der Waals surface area contributed by atoms with Gasteiger partial charge in [0.2, 0.25) is 0 Å². The number of nitrogens with two attached hydrogens (primary N) is 1. The molecule has 134 valence electrons. The molecule has 3 aliphatic rings. The van der Waals surface area contributed by atoms with E-state index in [1.54, 1.807) is 7.05 Å². The van der Waals surface area contributed by atoms with Crippen LogP contribution in [-0.4, -0.2) is 112 Å². The summed E-state index contributed by atoms with van der Waals surface area (Å²) < 4.78 is 16.6. The summed E-state index contributed by atoms with van der Waals surface area (Å²) in [6, 6.07) is -0.229. The van der Waals surface area contributed by atoms with Gasteiger partial charge in [0.15, 0.2) is 6.29 Å². The fourth-order valence-corrected chi connectivity index (χ4v) is 3.28. The first-order chi connectivity index (χ1) is 10.9. The number of likely N-dealkylation sites (N-methyl/N-ethyl adjacent to an activating group) is 1. The van der Waals surface area contributed by atoms with Crippen LogP contribution in [0.4, 0.5) is 0 Å². The summed E-state index contributed by atoms with van der Waals surface area (Å²) >= 11 is 0. The quantitative estimate of drug-likeness (QED) is 0.276. The molecule has 11 atom stereocenters. The van der Waals surface area contributed by atoms with E-state index < -0.39 is 55.6 Å². The molecule has 0 spiro atoms. The summed E-state index contributed by atoms with van der Waals surface area (Å²) in [7, 11) is 1.79. The normalized spacial score (nSPS) is 56.2. The first-order valence-corrected chi connectivity index (χ1v) is 7.62. The van der Waals surface area contributed by atoms with Crippen molar-refractivity contribution in [3.63, 3.8) is 0 Å². The molecule has 3 heterocycles. The average molecular weight is 336 g/mol. The van der Waals surface area contributed by atoms with Crippen LogP contribution in [0.5, 0.6) is 0 Å². The molecule has 0 amide bonds. The van der Waals surface area contributed by atoms with Crippen LogP contribution >= 0.6 is 0 Å². The van der Waals surface area contributed by atoms with Gasteiger partial charge in [0.05, 0.1) is 12.6 Å². The van der Waals surface area contributed by atoms with Gasteiger partial charge in [0.1, 0.15) is 49.0 Å². The Morgan fingerprint density at radius 1 is 1.00 bits per heavy atom. The lowest BCUT2D eigenvalue weighted by atomic mass is 9.98. The number of fused-ring (bicyclic) bond motifs is 1. The third-order valence-corrected chi connectivity index (χ3v) is 4.81. The molecule has 0 radical (unpaired) electrons. The van der Waals surface area contributed by atoms with Crippen molar-refractivity contribution < 1.29 is 39.7 Å². The number of nitrogens with zero attached hydrogens (tertiary/aromatic N) is 1. The lowest BCUT2D eigenvalue weighted by molar-refractivity contribution is -0.328. The maximum absolute atomic E-state index is 10.4. The molecule has 0 saturated carbocycles. The van der Waals surface area contributed by atoms with Crippen molar-refractivity contribution >= 4 is 0 Å². The maximum atomic E-state index is 10.4. The van der Waals surface area contributed by atoms with E-state index in [0.717, 1.165) is 0 Å². The molecule has 0 aromatic heterocycles. The van der Waals surface area contributed by atoms with Crippen LogP contribution in [-0.2, 0) is 14.2 Å². The SMILES string of the molecule is CN1C2OC(CN)C(OC3OC(CO)C(O)C(O)C3O)C(O)C21. The first-order valence-electron chi connectivity index (χ1n) is 7.62. The topological polar surface area (TPSA) is 158 Å². The second kappa shape index (κ2) is 6.48. The highest BCUT2D eigenvalue weighted by molar-refractivity contribution is 5.08. The Morgan fingerprint density at radius 2 is 1.70 bits per heavy atom. The first kappa shape index (κ1) is 17.4. The molecule has 7 N–H and O–H groups in total. The Kier molecular flexibility index (Phi) is 4.91. The van der Waals surface area contributed by atoms with Crippen LogP contribution in [0.2, 0.25) is 0 Å². The highest BCUT2D eigenvalue weighted by atomic mass is 16.7. The minimum Gasteiger partial charge on any atom is -0.394 e. The van der Waals surface area contributed by atoms with Crippen LogP contribution in [0.1, 0.15) is 0 Å². The second-order valence-corrected chi connectivity index (χ2v) is 6.25. The van der Waals surface area contributed by atoms with Crippen LogP contribution in [0.3, 0.4) is 0 Å². The van der Waals surface area contributed by atoms with Crippen LogP contribution in [0, 0.1) is 0 Å². The van der Waals surface area contributed by atoms with Gasteiger partial charge in [0, 0.05) is 6.54 Å². The Hall–Kier alpha value is -0.400. The van der Waals surface area contributed by atoms with Crippen molar-refractivity contribution in [1.82, 2.24) is 4.90 Å². The third kappa shape index (κ3) is 2.89. The molecule has 0 aliphatic carbocycles. The summed E-state index contributed by atoms with van der Waals surface area (Å²) in [6.07, 6.45) is -9.54. The number of hydrogen-bond acceptors (Lipinski definition) is 10. The van der Waals surface area contributed by atoms with Gasteiger partial charge in [-0.2, -0.15) is 0 Å². The smallest absolute Gasteiger partial charge is 0.187 e. The van der Waals surface area contributed by atoms with Gasteiger partial charge in [0.25, 0.3) is 0 Å². The number of rotatable bonds is 4. The van der Waals surface area contributed by atoms with E-state index in [4.69, 9.17) is 19.9 Å².